The van der Waals surface area contributed by atoms with E-state index in [1.165, 1.54) is 0 Å². The van der Waals surface area contributed by atoms with Crippen molar-refractivity contribution in [3.63, 3.8) is 0 Å². The summed E-state index contributed by atoms with van der Waals surface area (Å²) in [6.45, 7) is 7.08. The molecule has 0 fully saturated rings. The summed E-state index contributed by atoms with van der Waals surface area (Å²) in [6, 6.07) is 0. The van der Waals surface area contributed by atoms with Crippen LogP contribution in [-0.2, 0) is 14.2 Å². The number of methoxy groups -OCH3 is 1. The van der Waals surface area contributed by atoms with E-state index in [1.807, 2.05) is 0 Å². The van der Waals surface area contributed by atoms with Gasteiger partial charge in [0.1, 0.15) is 0 Å². The van der Waals surface area contributed by atoms with Gasteiger partial charge in [0.2, 0.25) is 0 Å². The third-order valence-electron chi connectivity index (χ3n) is 4.40. The van der Waals surface area contributed by atoms with Crippen LogP contribution >= 0.6 is 0 Å². The first kappa shape index (κ1) is 24.1. The van der Waals surface area contributed by atoms with Crippen LogP contribution in [0.25, 0.3) is 0 Å². The molecule has 0 heterocycles. The molecule has 0 aromatic rings. The number of ether oxygens (including phenoxy) is 3. The third kappa shape index (κ3) is 9.56. The molecule has 0 radical (unpaired) electrons. The molecule has 144 valence electrons. The first-order valence-corrected chi connectivity index (χ1v) is 16.8. The molecular weight excluding hydrogens is 421 g/mol. The second-order valence-electron chi connectivity index (χ2n) is 6.34. The molecule has 0 saturated carbocycles. The van der Waals surface area contributed by atoms with Crippen molar-refractivity contribution in [1.82, 2.24) is 0 Å². The average Bonchev–Trinajstić information content (AvgIpc) is 2.58. The Balaban J connectivity index is 5.18. The zero-order valence-corrected chi connectivity index (χ0v) is 18.8. The minimum atomic E-state index is -3.22. The van der Waals surface area contributed by atoms with Crippen LogP contribution in [0, 0.1) is 0 Å². The van der Waals surface area contributed by atoms with Gasteiger partial charge in [-0.05, 0) is 0 Å². The van der Waals surface area contributed by atoms with Crippen molar-refractivity contribution in [1.29, 1.82) is 0 Å². The van der Waals surface area contributed by atoms with Gasteiger partial charge in [0.15, 0.2) is 0 Å². The fraction of sp³-hybridized carbons (Fsp3) is 0.889. The van der Waals surface area contributed by atoms with Gasteiger partial charge in [-0.15, -0.1) is 0 Å². The molecule has 0 unspecified atom stereocenters. The molecule has 0 atom stereocenters. The summed E-state index contributed by atoms with van der Waals surface area (Å²) in [7, 11) is 1.58. The molecule has 0 aliphatic heterocycles. The van der Waals surface area contributed by atoms with Gasteiger partial charge in [-0.1, -0.05) is 0 Å². The van der Waals surface area contributed by atoms with Gasteiger partial charge in [-0.3, -0.25) is 0 Å². The fourth-order valence-electron chi connectivity index (χ4n) is 2.97. The molecule has 0 saturated heterocycles. The summed E-state index contributed by atoms with van der Waals surface area (Å²) in [6.07, 6.45) is 4.59. The standard InChI is InChI=1S/C6H9F2O3.3C4H9.Sn/c1-9-2-3-10-5-11-4-6(7)8;3*1-3-4-2;/h2-3,5H2,1H3;3*1,3-4H2,2H3;. The van der Waals surface area contributed by atoms with E-state index in [-0.39, 0.29) is 10.6 Å². The van der Waals surface area contributed by atoms with E-state index in [0.29, 0.717) is 13.2 Å². The molecule has 0 aromatic heterocycles. The third-order valence-corrected chi connectivity index (χ3v) is 19.3. The Hall–Kier alpha value is 0.119. The molecule has 24 heavy (non-hydrogen) atoms. The first-order valence-electron chi connectivity index (χ1n) is 9.33. The Morgan fingerprint density at radius 2 is 1.33 bits per heavy atom. The van der Waals surface area contributed by atoms with E-state index >= 15 is 0 Å². The van der Waals surface area contributed by atoms with Gasteiger partial charge in [0, 0.05) is 0 Å². The van der Waals surface area contributed by atoms with Crippen LogP contribution in [0.2, 0.25) is 13.3 Å². The van der Waals surface area contributed by atoms with Crippen molar-refractivity contribution in [2.45, 2.75) is 72.6 Å². The Bertz CT molecular complexity index is 312. The molecule has 0 rings (SSSR count). The Morgan fingerprint density at radius 3 is 1.71 bits per heavy atom. The molecule has 0 aliphatic carbocycles. The topological polar surface area (TPSA) is 27.7 Å². The van der Waals surface area contributed by atoms with E-state index in [2.05, 4.69) is 20.8 Å². The Morgan fingerprint density at radius 1 is 0.833 bits per heavy atom. The Labute approximate surface area is 151 Å². The zero-order chi connectivity index (χ0) is 18.3. The number of hydrogen-bond acceptors (Lipinski definition) is 3. The monoisotopic (exact) mass is 458 g/mol. The summed E-state index contributed by atoms with van der Waals surface area (Å²) < 4.78 is 46.2. The van der Waals surface area contributed by atoms with Gasteiger partial charge in [-0.25, -0.2) is 0 Å². The van der Waals surface area contributed by atoms with Gasteiger partial charge in [0.25, 0.3) is 0 Å². The SMILES string of the molecule is CCC[CH2][Sn]([CH2]CCC)([CH2]CCC)[C](OCOCCOC)=C(F)F. The molecule has 3 nitrogen and oxygen atoms in total. The van der Waals surface area contributed by atoms with Crippen LogP contribution in [0.1, 0.15) is 59.3 Å². The van der Waals surface area contributed by atoms with Crippen molar-refractivity contribution >= 4 is 18.4 Å². The Kier molecular flexibility index (Phi) is 15.5. The second-order valence-corrected chi connectivity index (χ2v) is 19.2. The molecule has 0 aliphatic rings. The molecule has 0 amide bonds. The van der Waals surface area contributed by atoms with Crippen molar-refractivity contribution in [2.24, 2.45) is 0 Å². The van der Waals surface area contributed by atoms with Gasteiger partial charge < -0.3 is 0 Å². The van der Waals surface area contributed by atoms with Crippen molar-refractivity contribution in [3.05, 3.63) is 9.86 Å². The zero-order valence-electron chi connectivity index (χ0n) is 16.0. The van der Waals surface area contributed by atoms with E-state index in [4.69, 9.17) is 14.2 Å². The maximum absolute atomic E-state index is 13.8. The first-order chi connectivity index (χ1) is 11.6. The molecule has 6 heteroatoms. The van der Waals surface area contributed by atoms with Gasteiger partial charge >= 0.3 is 151 Å². The number of unbranched alkanes of at least 4 members (excludes halogenated alkanes) is 3. The van der Waals surface area contributed by atoms with Crippen LogP contribution in [0.5, 0.6) is 0 Å². The summed E-state index contributed by atoms with van der Waals surface area (Å²) in [5, 5.41) is 0. The number of hydrogen-bond donors (Lipinski definition) is 0. The van der Waals surface area contributed by atoms with Crippen molar-refractivity contribution < 1.29 is 23.0 Å². The maximum atomic E-state index is 13.8. The number of rotatable bonds is 16. The molecule has 0 bridgehead atoms. The molecule has 0 N–H and O–H groups in total. The fourth-order valence-corrected chi connectivity index (χ4v) is 18.1. The summed E-state index contributed by atoms with van der Waals surface area (Å²) in [5.74, 6) is 0. The van der Waals surface area contributed by atoms with Gasteiger partial charge in [0.05, 0.1) is 0 Å². The molecular formula is C18H36F2O3Sn. The summed E-state index contributed by atoms with van der Waals surface area (Å²) in [4.78, 5) is 0. The predicted molar refractivity (Wildman–Crippen MR) is 97.9 cm³/mol. The summed E-state index contributed by atoms with van der Waals surface area (Å²) >= 11 is -3.22. The van der Waals surface area contributed by atoms with Crippen LogP contribution in [0.15, 0.2) is 9.86 Å². The van der Waals surface area contributed by atoms with Crippen LogP contribution < -0.4 is 0 Å². The quantitative estimate of drug-likeness (QED) is 0.121. The summed E-state index contributed by atoms with van der Waals surface area (Å²) in [5.41, 5.74) is 0. The van der Waals surface area contributed by atoms with E-state index < -0.39 is 24.5 Å². The number of halogens is 2. The average molecular weight is 457 g/mol. The van der Waals surface area contributed by atoms with E-state index in [1.54, 1.807) is 7.11 Å². The van der Waals surface area contributed by atoms with Crippen LogP contribution in [0.4, 0.5) is 8.78 Å². The minimum absolute atomic E-state index is 0.0667. The second kappa shape index (κ2) is 15.4. The molecule has 0 spiro atoms. The predicted octanol–water partition coefficient (Wildman–Crippen LogP) is 6.12. The molecule has 0 aromatic carbocycles. The van der Waals surface area contributed by atoms with E-state index in [0.717, 1.165) is 51.8 Å². The van der Waals surface area contributed by atoms with E-state index in [9.17, 15) is 8.78 Å². The van der Waals surface area contributed by atoms with Crippen LogP contribution in [0.3, 0.4) is 0 Å². The van der Waals surface area contributed by atoms with Crippen molar-refractivity contribution in [3.8, 4) is 0 Å². The van der Waals surface area contributed by atoms with Crippen molar-refractivity contribution in [2.75, 3.05) is 27.1 Å². The normalized spacial score (nSPS) is 11.6. The van der Waals surface area contributed by atoms with Gasteiger partial charge in [-0.2, -0.15) is 0 Å². The van der Waals surface area contributed by atoms with Crippen LogP contribution in [-0.4, -0.2) is 45.5 Å².